The van der Waals surface area contributed by atoms with Gasteiger partial charge in [-0.2, -0.15) is 0 Å². The van der Waals surface area contributed by atoms with E-state index in [2.05, 4.69) is 5.32 Å². The van der Waals surface area contributed by atoms with Crippen LogP contribution in [0.1, 0.15) is 0 Å². The van der Waals surface area contributed by atoms with E-state index in [0.29, 0.717) is 53.7 Å². The van der Waals surface area contributed by atoms with Gasteiger partial charge in [-0.25, -0.2) is 4.39 Å². The van der Waals surface area contributed by atoms with Crippen LogP contribution in [-0.4, -0.2) is 49.2 Å². The maximum atomic E-state index is 13.9. The van der Waals surface area contributed by atoms with Crippen LogP contribution >= 0.6 is 23.8 Å². The van der Waals surface area contributed by atoms with E-state index in [1.165, 1.54) is 18.2 Å². The van der Waals surface area contributed by atoms with Crippen molar-refractivity contribution >= 4 is 34.6 Å². The molecule has 4 rings (SSSR count). The van der Waals surface area contributed by atoms with Crippen LogP contribution in [0.25, 0.3) is 0 Å². The minimum atomic E-state index is -0.414. The number of ether oxygens (including phenoxy) is 4. The van der Waals surface area contributed by atoms with Crippen molar-refractivity contribution in [3.63, 3.8) is 0 Å². The van der Waals surface area contributed by atoms with Gasteiger partial charge in [-0.3, -0.25) is 0 Å². The highest BCUT2D eigenvalue weighted by Gasteiger charge is 2.24. The van der Waals surface area contributed by atoms with Gasteiger partial charge in [0.1, 0.15) is 24.3 Å². The summed E-state index contributed by atoms with van der Waals surface area (Å²) >= 11 is 11.3. The zero-order valence-electron chi connectivity index (χ0n) is 14.8. The lowest BCUT2D eigenvalue weighted by Gasteiger charge is -2.34. The maximum Gasteiger partial charge on any atom is 0.231 e. The molecule has 0 spiro atoms. The Morgan fingerprint density at radius 3 is 3.00 bits per heavy atom. The van der Waals surface area contributed by atoms with Crippen LogP contribution in [0, 0.1) is 5.82 Å². The molecule has 0 radical (unpaired) electrons. The van der Waals surface area contributed by atoms with Crippen molar-refractivity contribution in [2.75, 3.05) is 38.4 Å². The largest absolute Gasteiger partial charge is 0.491 e. The molecule has 1 N–H and O–H groups in total. The predicted molar refractivity (Wildman–Crippen MR) is 107 cm³/mol. The summed E-state index contributed by atoms with van der Waals surface area (Å²) in [5.41, 5.74) is 0.247. The molecule has 2 aromatic rings. The number of morpholine rings is 1. The van der Waals surface area contributed by atoms with E-state index < -0.39 is 5.82 Å². The molecule has 1 saturated heterocycles. The van der Waals surface area contributed by atoms with E-state index in [-0.39, 0.29) is 18.6 Å². The highest BCUT2D eigenvalue weighted by Crippen LogP contribution is 2.35. The fraction of sp³-hybridized carbons (Fsp3) is 0.316. The van der Waals surface area contributed by atoms with Crippen molar-refractivity contribution in [3.8, 4) is 17.2 Å². The van der Waals surface area contributed by atoms with Crippen molar-refractivity contribution in [2.24, 2.45) is 0 Å². The minimum absolute atomic E-state index is 0.178. The summed E-state index contributed by atoms with van der Waals surface area (Å²) in [6.45, 7) is 2.20. The van der Waals surface area contributed by atoms with Crippen LogP contribution in [0.4, 0.5) is 10.1 Å². The molecule has 2 aliphatic rings. The SMILES string of the molecule is Fc1ccc(Cl)cc1NC(=S)N1CCOC(COc2ccc3c(c2)OCO3)C1. The number of nitrogens with zero attached hydrogens (tertiary/aromatic N) is 1. The van der Waals surface area contributed by atoms with Crippen LogP contribution in [0.3, 0.4) is 0 Å². The molecule has 9 heteroatoms. The Kier molecular flexibility index (Phi) is 5.70. The number of thiocarbonyl (C=S) groups is 1. The smallest absolute Gasteiger partial charge is 0.231 e. The molecule has 2 heterocycles. The van der Waals surface area contributed by atoms with Crippen LogP contribution < -0.4 is 19.5 Å². The summed E-state index contributed by atoms with van der Waals surface area (Å²) in [4.78, 5) is 1.92. The van der Waals surface area contributed by atoms with Gasteiger partial charge in [0.25, 0.3) is 0 Å². The number of rotatable bonds is 4. The number of hydrogen-bond acceptors (Lipinski definition) is 5. The van der Waals surface area contributed by atoms with Crippen LogP contribution in [0.2, 0.25) is 5.02 Å². The van der Waals surface area contributed by atoms with E-state index in [4.69, 9.17) is 42.8 Å². The third-order valence-corrected chi connectivity index (χ3v) is 4.97. The number of halogens is 2. The van der Waals surface area contributed by atoms with Gasteiger partial charge in [0.15, 0.2) is 16.6 Å². The van der Waals surface area contributed by atoms with Crippen LogP contribution in [-0.2, 0) is 4.74 Å². The van der Waals surface area contributed by atoms with Gasteiger partial charge in [-0.1, -0.05) is 11.6 Å². The lowest BCUT2D eigenvalue weighted by Crippen LogP contribution is -2.49. The summed E-state index contributed by atoms with van der Waals surface area (Å²) in [6, 6.07) is 9.71. The van der Waals surface area contributed by atoms with Gasteiger partial charge >= 0.3 is 0 Å². The molecule has 148 valence electrons. The lowest BCUT2D eigenvalue weighted by atomic mass is 10.2. The predicted octanol–water partition coefficient (Wildman–Crippen LogP) is 3.68. The minimum Gasteiger partial charge on any atom is -0.491 e. The highest BCUT2D eigenvalue weighted by atomic mass is 35.5. The molecule has 6 nitrogen and oxygen atoms in total. The Bertz CT molecular complexity index is 885. The Morgan fingerprint density at radius 2 is 2.11 bits per heavy atom. The normalized spacial score (nSPS) is 18.1. The van der Waals surface area contributed by atoms with Gasteiger partial charge in [0, 0.05) is 24.2 Å². The standard InChI is InChI=1S/C19H18ClFN2O4S/c20-12-1-3-15(21)16(7-12)22-19(28)23-5-6-24-14(9-23)10-25-13-2-4-17-18(8-13)27-11-26-17/h1-4,7-8,14H,5-6,9-11H2,(H,22,28). The summed E-state index contributed by atoms with van der Waals surface area (Å²) in [5, 5.41) is 3.76. The molecule has 0 aliphatic carbocycles. The molecule has 28 heavy (non-hydrogen) atoms. The second kappa shape index (κ2) is 8.38. The third kappa shape index (κ3) is 4.40. The summed E-state index contributed by atoms with van der Waals surface area (Å²) in [7, 11) is 0. The Morgan fingerprint density at radius 1 is 1.25 bits per heavy atom. The van der Waals surface area contributed by atoms with E-state index in [1.54, 1.807) is 6.07 Å². The van der Waals surface area contributed by atoms with E-state index in [9.17, 15) is 4.39 Å². The molecule has 0 amide bonds. The Labute approximate surface area is 172 Å². The first-order valence-corrected chi connectivity index (χ1v) is 9.52. The number of benzene rings is 2. The average Bonchev–Trinajstić information content (AvgIpc) is 3.17. The number of anilines is 1. The van der Waals surface area contributed by atoms with Crippen molar-refractivity contribution in [3.05, 3.63) is 47.2 Å². The van der Waals surface area contributed by atoms with Gasteiger partial charge in [-0.15, -0.1) is 0 Å². The van der Waals surface area contributed by atoms with Crippen molar-refractivity contribution in [1.82, 2.24) is 4.90 Å². The van der Waals surface area contributed by atoms with E-state index in [1.807, 2.05) is 17.0 Å². The molecular formula is C19H18ClFN2O4S. The molecule has 1 fully saturated rings. The summed E-state index contributed by atoms with van der Waals surface area (Å²) in [5.74, 6) is 1.63. The molecule has 0 aromatic heterocycles. The Hall–Kier alpha value is -2.29. The van der Waals surface area contributed by atoms with Crippen molar-refractivity contribution in [2.45, 2.75) is 6.10 Å². The zero-order valence-corrected chi connectivity index (χ0v) is 16.4. The maximum absolute atomic E-state index is 13.9. The zero-order chi connectivity index (χ0) is 19.5. The highest BCUT2D eigenvalue weighted by molar-refractivity contribution is 7.80. The fourth-order valence-electron chi connectivity index (χ4n) is 2.95. The first-order valence-electron chi connectivity index (χ1n) is 8.73. The fourth-order valence-corrected chi connectivity index (χ4v) is 3.40. The van der Waals surface area contributed by atoms with Crippen molar-refractivity contribution in [1.29, 1.82) is 0 Å². The number of nitrogens with one attached hydrogen (secondary N) is 1. The van der Waals surface area contributed by atoms with E-state index in [0.717, 1.165) is 0 Å². The van der Waals surface area contributed by atoms with Crippen LogP contribution in [0.15, 0.2) is 36.4 Å². The molecule has 1 atom stereocenters. The molecule has 0 saturated carbocycles. The first-order chi connectivity index (χ1) is 13.6. The summed E-state index contributed by atoms with van der Waals surface area (Å²) in [6.07, 6.45) is -0.178. The first kappa shape index (κ1) is 19.0. The topological polar surface area (TPSA) is 52.2 Å². The molecule has 1 unspecified atom stereocenters. The lowest BCUT2D eigenvalue weighted by molar-refractivity contribution is -0.0280. The number of hydrogen-bond donors (Lipinski definition) is 1. The molecular weight excluding hydrogens is 407 g/mol. The monoisotopic (exact) mass is 424 g/mol. The van der Waals surface area contributed by atoms with Gasteiger partial charge in [0.05, 0.1) is 12.3 Å². The quantitative estimate of drug-likeness (QED) is 0.751. The summed E-state index contributed by atoms with van der Waals surface area (Å²) < 4.78 is 36.1. The number of fused-ring (bicyclic) bond motifs is 1. The third-order valence-electron chi connectivity index (χ3n) is 4.38. The average molecular weight is 425 g/mol. The van der Waals surface area contributed by atoms with Crippen LogP contribution in [0.5, 0.6) is 17.2 Å². The second-order valence-corrected chi connectivity index (χ2v) is 7.14. The molecule has 2 aromatic carbocycles. The van der Waals surface area contributed by atoms with Gasteiger partial charge in [-0.05, 0) is 42.5 Å². The second-order valence-electron chi connectivity index (χ2n) is 6.32. The Balaban J connectivity index is 1.32. The van der Waals surface area contributed by atoms with E-state index >= 15 is 0 Å². The van der Waals surface area contributed by atoms with Gasteiger partial charge in [0.2, 0.25) is 6.79 Å². The van der Waals surface area contributed by atoms with Gasteiger partial charge < -0.3 is 29.2 Å². The van der Waals surface area contributed by atoms with Crippen molar-refractivity contribution < 1.29 is 23.3 Å². The molecule has 0 bridgehead atoms. The molecule has 2 aliphatic heterocycles.